The van der Waals surface area contributed by atoms with Gasteiger partial charge in [-0.05, 0) is 141 Å². The number of nitrogens with two attached hydrogens (primary N) is 1. The summed E-state index contributed by atoms with van der Waals surface area (Å²) < 4.78 is 32.5. The van der Waals surface area contributed by atoms with Gasteiger partial charge in [-0.25, -0.2) is 29.6 Å². The summed E-state index contributed by atoms with van der Waals surface area (Å²) in [5, 5.41) is 11.5. The number of carbonyl (C=O) groups excluding carboxylic acids is 1. The number of H-pyrrole nitrogens is 1. The van der Waals surface area contributed by atoms with E-state index in [0.29, 0.717) is 24.4 Å². The van der Waals surface area contributed by atoms with E-state index in [-0.39, 0.29) is 24.4 Å². The molecule has 0 unspecified atom stereocenters. The predicted octanol–water partition coefficient (Wildman–Crippen LogP) is 13.5. The van der Waals surface area contributed by atoms with Crippen LogP contribution in [0.15, 0.2) is 187 Å². The number of aromatic amines is 1. The van der Waals surface area contributed by atoms with E-state index in [2.05, 4.69) is 115 Å². The molecule has 2 aliphatic carbocycles. The summed E-state index contributed by atoms with van der Waals surface area (Å²) in [7, 11) is 0. The third-order valence-corrected chi connectivity index (χ3v) is 15.7. The molecule has 0 saturated heterocycles. The Hall–Kier alpha value is -9.35. The second-order valence-electron chi connectivity index (χ2n) is 22.6. The molecule has 2 saturated carbocycles. The molecule has 4 aromatic carbocycles. The van der Waals surface area contributed by atoms with E-state index >= 15 is 0 Å². The van der Waals surface area contributed by atoms with Crippen LogP contribution in [0.1, 0.15) is 92.9 Å². The first-order valence-corrected chi connectivity index (χ1v) is 28.3. The van der Waals surface area contributed by atoms with E-state index in [1.807, 2.05) is 81.4 Å². The van der Waals surface area contributed by atoms with Crippen molar-refractivity contribution >= 4 is 33.5 Å². The van der Waals surface area contributed by atoms with Crippen LogP contribution in [-0.4, -0.2) is 51.2 Å². The number of hydrogen-bond acceptors (Lipinski definition) is 12. The second-order valence-corrected chi connectivity index (χ2v) is 22.6. The summed E-state index contributed by atoms with van der Waals surface area (Å²) in [6.07, 6.45) is 12.3. The molecule has 16 heteroatoms. The molecule has 0 spiro atoms. The number of benzene rings is 4. The van der Waals surface area contributed by atoms with Crippen LogP contribution in [0.2, 0.25) is 0 Å². The van der Waals surface area contributed by atoms with Crippen LogP contribution in [0.3, 0.4) is 0 Å². The van der Waals surface area contributed by atoms with E-state index in [4.69, 9.17) is 29.9 Å². The van der Waals surface area contributed by atoms with E-state index < -0.39 is 23.2 Å². The minimum atomic E-state index is -0.561. The number of fused-ring (bicyclic) bond motifs is 3. The quantitative estimate of drug-likeness (QED) is 0.0823. The van der Waals surface area contributed by atoms with Crippen LogP contribution in [-0.2, 0) is 51.7 Å². The largest absolute Gasteiger partial charge is 0.444 e. The average Bonchev–Trinajstić information content (AvgIpc) is 1.77. The Balaban J connectivity index is 0.000000166. The summed E-state index contributed by atoms with van der Waals surface area (Å²) in [5.41, 5.74) is 20.7. The molecule has 0 atom stereocenters. The number of hydrogen-bond donors (Lipinski definition) is 3. The van der Waals surface area contributed by atoms with Crippen molar-refractivity contribution in [2.24, 2.45) is 5.73 Å². The van der Waals surface area contributed by atoms with Gasteiger partial charge in [0.2, 0.25) is 5.95 Å². The average molecular weight is 1120 g/mol. The number of aromatic nitrogens is 8. The first kappa shape index (κ1) is 55.2. The molecule has 2 aliphatic rings. The van der Waals surface area contributed by atoms with Crippen LogP contribution < -0.4 is 16.7 Å². The van der Waals surface area contributed by atoms with Crippen LogP contribution >= 0.6 is 0 Å². The van der Waals surface area contributed by atoms with Gasteiger partial charge in [0.05, 0.1) is 65.8 Å². The highest BCUT2D eigenvalue weighted by atomic mass is 19.1. The molecule has 0 bridgehead atoms. The Labute approximate surface area is 485 Å². The maximum absolute atomic E-state index is 13.5. The molecule has 0 aliphatic heterocycles. The van der Waals surface area contributed by atoms with Gasteiger partial charge in [-0.1, -0.05) is 109 Å². The van der Waals surface area contributed by atoms with Crippen LogP contribution in [0.4, 0.5) is 9.18 Å². The van der Waals surface area contributed by atoms with Gasteiger partial charge in [0.1, 0.15) is 5.60 Å². The lowest BCUT2D eigenvalue weighted by molar-refractivity contribution is 0.0377. The van der Waals surface area contributed by atoms with Gasteiger partial charge in [0, 0.05) is 63.4 Å². The number of carbonyl (C=O) groups is 1. The van der Waals surface area contributed by atoms with Crippen LogP contribution in [0, 0.1) is 5.95 Å². The zero-order valence-electron chi connectivity index (χ0n) is 47.0. The zero-order chi connectivity index (χ0) is 57.8. The topological polar surface area (TPSA) is 197 Å². The Morgan fingerprint density at radius 2 is 1.14 bits per heavy atom. The van der Waals surface area contributed by atoms with Crippen molar-refractivity contribution in [3.63, 3.8) is 0 Å². The van der Waals surface area contributed by atoms with Crippen molar-refractivity contribution in [3.05, 3.63) is 233 Å². The summed E-state index contributed by atoms with van der Waals surface area (Å²) in [6.45, 7) is 6.77. The lowest BCUT2D eigenvalue weighted by Crippen LogP contribution is -2.52. The molecule has 0 radical (unpaired) electrons. The molecule has 2 fully saturated rings. The Morgan fingerprint density at radius 1 is 0.619 bits per heavy atom. The number of rotatable bonds is 15. The van der Waals surface area contributed by atoms with Gasteiger partial charge in [-0.3, -0.25) is 14.4 Å². The van der Waals surface area contributed by atoms with Crippen LogP contribution in [0.5, 0.6) is 0 Å². The number of nitrogens with one attached hydrogen (secondary N) is 2. The van der Waals surface area contributed by atoms with Gasteiger partial charge in [-0.15, -0.1) is 0 Å². The SMILES string of the molecule is CC(C)(C)OC(=O)NC1(c2ccc(-c3nc4ccnc(COCc5ccnc(F)c5)c4cc3-c3ccccc3)cc2)CCC1.NC1(c2ccc(-c3nc4ccnc(COCc5ccn6c(=O)[nH]nc6c5)c4cc3-c3ccccc3)cc2)CCC1. The minimum Gasteiger partial charge on any atom is -0.444 e. The monoisotopic (exact) mass is 1120 g/mol. The summed E-state index contributed by atoms with van der Waals surface area (Å²) in [4.78, 5) is 47.5. The fourth-order valence-corrected chi connectivity index (χ4v) is 11.0. The Bertz CT molecular complexity index is 4220. The molecule has 4 N–H and O–H groups in total. The van der Waals surface area contributed by atoms with Gasteiger partial charge in [0.15, 0.2) is 5.65 Å². The molecule has 11 aromatic rings. The van der Waals surface area contributed by atoms with Gasteiger partial charge in [-0.2, -0.15) is 9.49 Å². The van der Waals surface area contributed by atoms with Crippen LogP contribution in [0.25, 0.3) is 72.2 Å². The molecule has 15 nitrogen and oxygen atoms in total. The third kappa shape index (κ3) is 12.0. The molecule has 7 heterocycles. The minimum absolute atomic E-state index is 0.195. The normalized spacial score (nSPS) is 14.3. The van der Waals surface area contributed by atoms with Crippen molar-refractivity contribution in [3.8, 4) is 44.8 Å². The Kier molecular flexibility index (Phi) is 15.4. The lowest BCUT2D eigenvalue weighted by Gasteiger charge is -2.43. The number of halogens is 1. The highest BCUT2D eigenvalue weighted by Gasteiger charge is 2.41. The molecular formula is C68H63FN10O5. The number of ether oxygens (including phenoxy) is 3. The molecule has 422 valence electrons. The third-order valence-electron chi connectivity index (χ3n) is 15.7. The molecule has 13 rings (SSSR count). The lowest BCUT2D eigenvalue weighted by atomic mass is 9.71. The van der Waals surface area contributed by atoms with Gasteiger partial charge < -0.3 is 25.3 Å². The summed E-state index contributed by atoms with van der Waals surface area (Å²) >= 11 is 0. The second kappa shape index (κ2) is 23.5. The van der Waals surface area contributed by atoms with Crippen molar-refractivity contribution in [1.29, 1.82) is 0 Å². The summed E-state index contributed by atoms with van der Waals surface area (Å²) in [5.74, 6) is -0.534. The standard InChI is InChI=1S/C36H35FN4O3.C32H28N6O2/c1-35(2,3)44-34(42)41-36(16-7-17-36)27-12-10-26(11-13-27)33-28(25-8-5-4-6-9-25)21-29-30(40-33)15-19-38-31(29)23-43-22-24-14-18-39-32(37)20-24;33-32(13-4-14-32)24-9-7-23(8-10-24)30-25(22-5-2-1-3-6-22)18-26-27(35-30)11-15-34-28(26)20-40-19-21-12-16-38-29(17-21)36-37-31(38)39/h4-6,8-15,18-21H,7,16-17,22-23H2,1-3H3,(H,41,42);1-3,5-12,15-18H,4,13-14,19-20,33H2,(H,37,39). The maximum atomic E-state index is 13.5. The predicted molar refractivity (Wildman–Crippen MR) is 322 cm³/mol. The van der Waals surface area contributed by atoms with Crippen molar-refractivity contribution in [2.45, 2.75) is 102 Å². The number of alkyl carbamates (subject to hydrolysis) is 1. The van der Waals surface area contributed by atoms with Crippen molar-refractivity contribution < 1.29 is 23.4 Å². The number of nitrogens with zero attached hydrogens (tertiary/aromatic N) is 7. The molecule has 84 heavy (non-hydrogen) atoms. The van der Waals surface area contributed by atoms with Crippen molar-refractivity contribution in [2.75, 3.05) is 0 Å². The summed E-state index contributed by atoms with van der Waals surface area (Å²) in [6, 6.07) is 52.3. The number of amides is 1. The Morgan fingerprint density at radius 3 is 1.64 bits per heavy atom. The van der Waals surface area contributed by atoms with E-state index in [1.54, 1.807) is 24.7 Å². The van der Waals surface area contributed by atoms with Gasteiger partial charge in [0.25, 0.3) is 0 Å². The molecule has 1 amide bonds. The fourth-order valence-electron chi connectivity index (χ4n) is 11.0. The highest BCUT2D eigenvalue weighted by Crippen LogP contribution is 2.44. The first-order chi connectivity index (χ1) is 40.8. The number of pyridine rings is 6. The smallest absolute Gasteiger partial charge is 0.408 e. The van der Waals surface area contributed by atoms with E-state index in [0.717, 1.165) is 121 Å². The fraction of sp³-hybridized carbons (Fsp3) is 0.235. The first-order valence-electron chi connectivity index (χ1n) is 28.3. The van der Waals surface area contributed by atoms with E-state index in [9.17, 15) is 14.0 Å². The maximum Gasteiger partial charge on any atom is 0.408 e. The van der Waals surface area contributed by atoms with Gasteiger partial charge >= 0.3 is 11.8 Å². The van der Waals surface area contributed by atoms with E-state index in [1.165, 1.54) is 28.6 Å². The molecular weight excluding hydrogens is 1060 g/mol. The zero-order valence-corrected chi connectivity index (χ0v) is 47.0. The highest BCUT2D eigenvalue weighted by molar-refractivity contribution is 5.94. The van der Waals surface area contributed by atoms with Crippen molar-refractivity contribution in [1.82, 2.24) is 44.8 Å². The molecule has 7 aromatic heterocycles.